The standard InChI is InChI=1S/C30H32NO5.BrH/c32-28(35-22-23-10-4-1-5-11-23)21-31-18-16-24(17-19-31)27(20-31)36-29(33)30(34,25-12-6-2-7-13-25)26-14-8-3-9-15-26;/h1-15,24,27,34H,16-22H2;1H/q+1;/p-1/t24?,27-,31?;/m0./s1. The number of quaternary nitrogens is 1. The summed E-state index contributed by atoms with van der Waals surface area (Å²) in [5.74, 6) is -0.692. The molecule has 37 heavy (non-hydrogen) atoms. The fourth-order valence-electron chi connectivity index (χ4n) is 5.62. The van der Waals surface area contributed by atoms with E-state index in [4.69, 9.17) is 9.47 Å². The van der Waals surface area contributed by atoms with Gasteiger partial charge in [0, 0.05) is 18.8 Å². The van der Waals surface area contributed by atoms with Crippen LogP contribution < -0.4 is 17.0 Å². The van der Waals surface area contributed by atoms with Gasteiger partial charge in [0.25, 0.3) is 0 Å². The monoisotopic (exact) mass is 565 g/mol. The summed E-state index contributed by atoms with van der Waals surface area (Å²) in [6.45, 7) is 2.79. The van der Waals surface area contributed by atoms with Gasteiger partial charge in [0.2, 0.25) is 5.60 Å². The quantitative estimate of drug-likeness (QED) is 0.323. The van der Waals surface area contributed by atoms with Gasteiger partial charge >= 0.3 is 11.9 Å². The zero-order valence-electron chi connectivity index (χ0n) is 20.7. The maximum Gasteiger partial charge on any atom is 0.362 e. The number of ether oxygens (including phenoxy) is 2. The number of carbonyl (C=O) groups excluding carboxylic acids is 2. The number of rotatable bonds is 8. The fourth-order valence-corrected chi connectivity index (χ4v) is 5.62. The van der Waals surface area contributed by atoms with E-state index in [0.29, 0.717) is 22.2 Å². The highest BCUT2D eigenvalue weighted by Crippen LogP contribution is 2.38. The van der Waals surface area contributed by atoms with Crippen molar-refractivity contribution in [2.45, 2.75) is 31.2 Å². The predicted molar refractivity (Wildman–Crippen MR) is 134 cm³/mol. The van der Waals surface area contributed by atoms with Crippen LogP contribution in [0.2, 0.25) is 0 Å². The number of hydrogen-bond acceptors (Lipinski definition) is 5. The summed E-state index contributed by atoms with van der Waals surface area (Å²) in [6.07, 6.45) is 1.39. The maximum absolute atomic E-state index is 13.6. The molecule has 0 spiro atoms. The van der Waals surface area contributed by atoms with Crippen molar-refractivity contribution in [2.24, 2.45) is 5.92 Å². The molecule has 3 aromatic rings. The third-order valence-electron chi connectivity index (χ3n) is 7.69. The van der Waals surface area contributed by atoms with Crippen LogP contribution in [-0.2, 0) is 31.3 Å². The second-order valence-corrected chi connectivity index (χ2v) is 10.00. The SMILES string of the molecule is O=C(C[N+]12CCC(CC1)[C@@H](OC(=O)C(O)(c1ccccc1)c1ccccc1)C2)OCc1ccccc1.[Br-]. The zero-order valence-corrected chi connectivity index (χ0v) is 22.3. The normalized spacial score (nSPS) is 22.5. The number of aliphatic hydroxyl groups is 1. The Bertz CT molecular complexity index is 1140. The molecule has 6 nitrogen and oxygen atoms in total. The highest BCUT2D eigenvalue weighted by Gasteiger charge is 2.51. The summed E-state index contributed by atoms with van der Waals surface area (Å²) in [4.78, 5) is 26.4. The molecule has 0 aliphatic carbocycles. The van der Waals surface area contributed by atoms with Crippen LogP contribution >= 0.6 is 0 Å². The van der Waals surface area contributed by atoms with Crippen LogP contribution in [0.5, 0.6) is 0 Å². The maximum atomic E-state index is 13.6. The van der Waals surface area contributed by atoms with E-state index in [2.05, 4.69) is 0 Å². The van der Waals surface area contributed by atoms with Gasteiger partial charge in [-0.2, -0.15) is 0 Å². The minimum Gasteiger partial charge on any atom is -1.00 e. The Kier molecular flexibility index (Phi) is 8.47. The molecule has 7 heteroatoms. The first-order valence-corrected chi connectivity index (χ1v) is 12.6. The predicted octanol–water partition coefficient (Wildman–Crippen LogP) is 0.822. The Hall–Kier alpha value is -3.00. The van der Waals surface area contributed by atoms with Gasteiger partial charge in [-0.05, 0) is 16.7 Å². The van der Waals surface area contributed by atoms with E-state index < -0.39 is 11.6 Å². The highest BCUT2D eigenvalue weighted by molar-refractivity contribution is 5.85. The molecule has 2 bridgehead atoms. The van der Waals surface area contributed by atoms with Crippen molar-refractivity contribution in [1.29, 1.82) is 0 Å². The molecule has 3 aliphatic heterocycles. The van der Waals surface area contributed by atoms with Crippen molar-refractivity contribution in [3.05, 3.63) is 108 Å². The second kappa shape index (κ2) is 11.6. The van der Waals surface area contributed by atoms with Gasteiger partial charge in [-0.25, -0.2) is 9.59 Å². The molecule has 0 saturated carbocycles. The Labute approximate surface area is 228 Å². The Morgan fingerprint density at radius 3 is 1.89 bits per heavy atom. The largest absolute Gasteiger partial charge is 1.00 e. The minimum absolute atomic E-state index is 0. The summed E-state index contributed by atoms with van der Waals surface area (Å²) in [5.41, 5.74) is -0.0172. The van der Waals surface area contributed by atoms with Crippen molar-refractivity contribution >= 4 is 11.9 Å². The van der Waals surface area contributed by atoms with Crippen LogP contribution in [0.4, 0.5) is 0 Å². The number of hydrogen-bond donors (Lipinski definition) is 1. The molecule has 0 aromatic heterocycles. The number of fused-ring (bicyclic) bond motifs is 3. The molecule has 6 rings (SSSR count). The van der Waals surface area contributed by atoms with Crippen LogP contribution in [0.15, 0.2) is 91.0 Å². The lowest BCUT2D eigenvalue weighted by Gasteiger charge is -2.51. The van der Waals surface area contributed by atoms with E-state index in [-0.39, 0.29) is 48.1 Å². The summed E-state index contributed by atoms with van der Waals surface area (Å²) in [6, 6.07) is 27.5. The molecule has 3 aliphatic rings. The van der Waals surface area contributed by atoms with Gasteiger partial charge in [0.1, 0.15) is 13.2 Å². The molecule has 0 amide bonds. The smallest absolute Gasteiger partial charge is 0.362 e. The van der Waals surface area contributed by atoms with Crippen molar-refractivity contribution in [1.82, 2.24) is 0 Å². The molecule has 3 saturated heterocycles. The molecule has 1 N–H and O–H groups in total. The molecule has 3 heterocycles. The summed E-state index contributed by atoms with van der Waals surface area (Å²) < 4.78 is 12.2. The molecular formula is C30H32BrNO5. The van der Waals surface area contributed by atoms with E-state index in [9.17, 15) is 14.7 Å². The van der Waals surface area contributed by atoms with Crippen LogP contribution in [0.3, 0.4) is 0 Å². The summed E-state index contributed by atoms with van der Waals surface area (Å²) in [7, 11) is 0. The minimum atomic E-state index is -1.91. The first-order chi connectivity index (χ1) is 17.5. The van der Waals surface area contributed by atoms with Crippen molar-refractivity contribution in [3.8, 4) is 0 Å². The lowest BCUT2D eigenvalue weighted by Crippen LogP contribution is -3.00. The van der Waals surface area contributed by atoms with Gasteiger partial charge in [-0.1, -0.05) is 91.0 Å². The third kappa shape index (κ3) is 5.79. The number of esters is 2. The lowest BCUT2D eigenvalue weighted by molar-refractivity contribution is -0.939. The average molecular weight is 566 g/mol. The van der Waals surface area contributed by atoms with E-state index in [0.717, 1.165) is 31.5 Å². The number of piperidine rings is 3. The topological polar surface area (TPSA) is 72.8 Å². The van der Waals surface area contributed by atoms with Gasteiger partial charge in [0.15, 0.2) is 12.6 Å². The van der Waals surface area contributed by atoms with Crippen molar-refractivity contribution in [3.63, 3.8) is 0 Å². The first kappa shape index (κ1) is 27.0. The molecule has 1 atom stereocenters. The molecule has 3 aromatic carbocycles. The van der Waals surface area contributed by atoms with Crippen LogP contribution in [0, 0.1) is 5.92 Å². The Morgan fingerprint density at radius 1 is 0.838 bits per heavy atom. The van der Waals surface area contributed by atoms with E-state index in [1.165, 1.54) is 0 Å². The number of carbonyl (C=O) groups is 2. The summed E-state index contributed by atoms with van der Waals surface area (Å²) >= 11 is 0. The van der Waals surface area contributed by atoms with E-state index in [1.54, 1.807) is 48.5 Å². The molecular weight excluding hydrogens is 534 g/mol. The number of halogens is 1. The van der Waals surface area contributed by atoms with Crippen molar-refractivity contribution in [2.75, 3.05) is 26.2 Å². The Morgan fingerprint density at radius 2 is 1.35 bits per heavy atom. The van der Waals surface area contributed by atoms with Gasteiger partial charge < -0.3 is 36.0 Å². The van der Waals surface area contributed by atoms with Crippen molar-refractivity contribution < 1.29 is 45.6 Å². The number of benzene rings is 3. The lowest BCUT2D eigenvalue weighted by atomic mass is 9.82. The summed E-state index contributed by atoms with van der Waals surface area (Å²) in [5, 5.41) is 11.8. The van der Waals surface area contributed by atoms with E-state index >= 15 is 0 Å². The molecule has 0 radical (unpaired) electrons. The van der Waals surface area contributed by atoms with Crippen LogP contribution in [-0.4, -0.2) is 53.8 Å². The fraction of sp³-hybridized carbons (Fsp3) is 0.333. The van der Waals surface area contributed by atoms with Crippen LogP contribution in [0.25, 0.3) is 0 Å². The van der Waals surface area contributed by atoms with E-state index in [1.807, 2.05) is 42.5 Å². The molecule has 3 fully saturated rings. The average Bonchev–Trinajstić information content (AvgIpc) is 2.93. The number of nitrogens with zero attached hydrogens (tertiary/aromatic N) is 1. The third-order valence-corrected chi connectivity index (χ3v) is 7.69. The Balaban J connectivity index is 0.00000320. The zero-order chi connectivity index (χ0) is 25.0. The van der Waals surface area contributed by atoms with Crippen LogP contribution in [0.1, 0.15) is 29.5 Å². The van der Waals surface area contributed by atoms with Gasteiger partial charge in [0.05, 0.1) is 13.1 Å². The second-order valence-electron chi connectivity index (χ2n) is 10.00. The first-order valence-electron chi connectivity index (χ1n) is 12.6. The highest BCUT2D eigenvalue weighted by atomic mass is 79.9. The molecule has 194 valence electrons. The van der Waals surface area contributed by atoms with Gasteiger partial charge in [-0.3, -0.25) is 0 Å². The molecule has 0 unspecified atom stereocenters. The van der Waals surface area contributed by atoms with Gasteiger partial charge in [-0.15, -0.1) is 0 Å².